The zero-order valence-corrected chi connectivity index (χ0v) is 14.6. The number of piperidine rings is 1. The van der Waals surface area contributed by atoms with Crippen molar-refractivity contribution < 1.29 is 9.53 Å². The lowest BCUT2D eigenvalue weighted by Gasteiger charge is -2.31. The number of hydrogen-bond acceptors (Lipinski definition) is 3. The number of nitrogens with one attached hydrogen (secondary N) is 2. The molecule has 2 rings (SSSR count). The molecule has 0 aromatic heterocycles. The maximum atomic E-state index is 12.0. The number of benzene rings is 1. The fourth-order valence-electron chi connectivity index (χ4n) is 3.17. The molecule has 4 nitrogen and oxygen atoms in total. The van der Waals surface area contributed by atoms with Crippen molar-refractivity contribution in [1.82, 2.24) is 10.6 Å². The molecule has 0 radical (unpaired) electrons. The van der Waals surface area contributed by atoms with E-state index in [-0.39, 0.29) is 6.09 Å². The van der Waals surface area contributed by atoms with E-state index in [1.54, 1.807) is 0 Å². The molecule has 128 valence electrons. The van der Waals surface area contributed by atoms with Crippen molar-refractivity contribution in [1.29, 1.82) is 0 Å². The van der Waals surface area contributed by atoms with Gasteiger partial charge in [-0.25, -0.2) is 4.79 Å². The van der Waals surface area contributed by atoms with Crippen molar-refractivity contribution in [3.8, 4) is 0 Å². The summed E-state index contributed by atoms with van der Waals surface area (Å²) in [5, 5.41) is 6.39. The minimum absolute atomic E-state index is 0.315. The maximum absolute atomic E-state index is 12.0. The monoisotopic (exact) mass is 318 g/mol. The third-order valence-corrected chi connectivity index (χ3v) is 4.30. The second-order valence-corrected chi connectivity index (χ2v) is 7.42. The summed E-state index contributed by atoms with van der Waals surface area (Å²) < 4.78 is 5.36. The third kappa shape index (κ3) is 6.61. The van der Waals surface area contributed by atoms with Gasteiger partial charge in [0.1, 0.15) is 5.60 Å². The second-order valence-electron chi connectivity index (χ2n) is 7.42. The molecule has 0 saturated carbocycles. The van der Waals surface area contributed by atoms with Gasteiger partial charge in [0.2, 0.25) is 0 Å². The Labute approximate surface area is 140 Å². The number of carbonyl (C=O) groups excluding carboxylic acids is 1. The van der Waals surface area contributed by atoms with Gasteiger partial charge in [0.05, 0.1) is 0 Å². The van der Waals surface area contributed by atoms with Gasteiger partial charge in [0.25, 0.3) is 0 Å². The van der Waals surface area contributed by atoms with Gasteiger partial charge in [-0.1, -0.05) is 30.3 Å². The number of carbonyl (C=O) groups is 1. The summed E-state index contributed by atoms with van der Waals surface area (Å²) in [5.74, 6) is 1.10. The van der Waals surface area contributed by atoms with Gasteiger partial charge in [-0.3, -0.25) is 0 Å². The number of alkyl carbamates (subject to hydrolysis) is 1. The highest BCUT2D eigenvalue weighted by Crippen LogP contribution is 2.25. The molecule has 1 amide bonds. The smallest absolute Gasteiger partial charge is 0.407 e. The first kappa shape index (κ1) is 17.8. The van der Waals surface area contributed by atoms with Gasteiger partial charge in [-0.05, 0) is 70.5 Å². The third-order valence-electron chi connectivity index (χ3n) is 4.30. The Morgan fingerprint density at radius 1 is 1.26 bits per heavy atom. The fourth-order valence-corrected chi connectivity index (χ4v) is 3.17. The van der Waals surface area contributed by atoms with Crippen molar-refractivity contribution >= 4 is 6.09 Å². The lowest BCUT2D eigenvalue weighted by molar-refractivity contribution is 0.0510. The Morgan fingerprint density at radius 2 is 1.91 bits per heavy atom. The minimum Gasteiger partial charge on any atom is -0.444 e. The van der Waals surface area contributed by atoms with Crippen LogP contribution in [0.3, 0.4) is 0 Å². The first-order valence-electron chi connectivity index (χ1n) is 8.65. The minimum atomic E-state index is -0.451. The van der Waals surface area contributed by atoms with E-state index < -0.39 is 5.60 Å². The number of ether oxygens (including phenoxy) is 1. The average molecular weight is 318 g/mol. The molecular weight excluding hydrogens is 288 g/mol. The zero-order chi connectivity index (χ0) is 16.7. The molecule has 23 heavy (non-hydrogen) atoms. The number of amides is 1. The molecule has 1 fully saturated rings. The van der Waals surface area contributed by atoms with Crippen LogP contribution in [0, 0.1) is 11.8 Å². The summed E-state index contributed by atoms with van der Waals surface area (Å²) in [6.07, 6.45) is 3.03. The van der Waals surface area contributed by atoms with E-state index >= 15 is 0 Å². The highest BCUT2D eigenvalue weighted by atomic mass is 16.6. The van der Waals surface area contributed by atoms with Crippen LogP contribution in [0.2, 0.25) is 0 Å². The van der Waals surface area contributed by atoms with Crippen molar-refractivity contribution in [2.24, 2.45) is 11.8 Å². The molecule has 1 aliphatic rings. The molecule has 1 aromatic carbocycles. The molecule has 4 heteroatoms. The highest BCUT2D eigenvalue weighted by Gasteiger charge is 2.25. The lowest BCUT2D eigenvalue weighted by atomic mass is 9.81. The van der Waals surface area contributed by atoms with Crippen LogP contribution in [0.1, 0.15) is 39.2 Å². The first-order chi connectivity index (χ1) is 10.9. The molecule has 0 spiro atoms. The Hall–Kier alpha value is -1.55. The van der Waals surface area contributed by atoms with Gasteiger partial charge in [-0.15, -0.1) is 0 Å². The molecular formula is C19H30N2O2. The van der Waals surface area contributed by atoms with Gasteiger partial charge in [0.15, 0.2) is 0 Å². The molecule has 0 unspecified atom stereocenters. The van der Waals surface area contributed by atoms with Crippen molar-refractivity contribution in [3.05, 3.63) is 35.9 Å². The van der Waals surface area contributed by atoms with Crippen LogP contribution >= 0.6 is 0 Å². The van der Waals surface area contributed by atoms with E-state index in [1.165, 1.54) is 18.4 Å². The van der Waals surface area contributed by atoms with Crippen LogP contribution in [-0.2, 0) is 11.2 Å². The summed E-state index contributed by atoms with van der Waals surface area (Å²) >= 11 is 0. The molecule has 1 aromatic rings. The molecule has 1 heterocycles. The van der Waals surface area contributed by atoms with Crippen molar-refractivity contribution in [2.75, 3.05) is 19.6 Å². The lowest BCUT2D eigenvalue weighted by Crippen LogP contribution is -2.40. The Bertz CT molecular complexity index is 476. The van der Waals surface area contributed by atoms with E-state index in [0.717, 1.165) is 19.5 Å². The SMILES string of the molecule is CC(C)(C)OC(=O)NC[C@@H](Cc1ccccc1)C1CCNCC1. The average Bonchev–Trinajstić information content (AvgIpc) is 2.51. The molecule has 0 bridgehead atoms. The number of hydrogen-bond donors (Lipinski definition) is 2. The predicted molar refractivity (Wildman–Crippen MR) is 93.5 cm³/mol. The summed E-state index contributed by atoms with van der Waals surface area (Å²) in [4.78, 5) is 12.0. The highest BCUT2D eigenvalue weighted by molar-refractivity contribution is 5.67. The van der Waals surface area contributed by atoms with E-state index in [2.05, 4.69) is 34.9 Å². The van der Waals surface area contributed by atoms with Crippen molar-refractivity contribution in [3.63, 3.8) is 0 Å². The quantitative estimate of drug-likeness (QED) is 0.875. The van der Waals surface area contributed by atoms with Crippen LogP contribution in [0.25, 0.3) is 0 Å². The summed E-state index contributed by atoms with van der Waals surface area (Å²) in [7, 11) is 0. The summed E-state index contributed by atoms with van der Waals surface area (Å²) in [6, 6.07) is 10.5. The van der Waals surface area contributed by atoms with Crippen LogP contribution in [0.5, 0.6) is 0 Å². The van der Waals surface area contributed by atoms with E-state index in [4.69, 9.17) is 4.74 Å². The van der Waals surface area contributed by atoms with Crippen LogP contribution < -0.4 is 10.6 Å². The normalized spacial score (nSPS) is 17.5. The van der Waals surface area contributed by atoms with Gasteiger partial charge >= 0.3 is 6.09 Å². The van der Waals surface area contributed by atoms with E-state index in [1.807, 2.05) is 26.8 Å². The molecule has 1 atom stereocenters. The largest absolute Gasteiger partial charge is 0.444 e. The topological polar surface area (TPSA) is 50.4 Å². The molecule has 2 N–H and O–H groups in total. The summed E-state index contributed by atoms with van der Waals surface area (Å²) in [6.45, 7) is 8.49. The van der Waals surface area contributed by atoms with E-state index in [9.17, 15) is 4.79 Å². The predicted octanol–water partition coefficient (Wildman–Crippen LogP) is 3.37. The summed E-state index contributed by atoms with van der Waals surface area (Å²) in [5.41, 5.74) is 0.885. The first-order valence-corrected chi connectivity index (χ1v) is 8.65. The fraction of sp³-hybridized carbons (Fsp3) is 0.632. The molecule has 1 saturated heterocycles. The van der Waals surface area contributed by atoms with Gasteiger partial charge in [0, 0.05) is 6.54 Å². The van der Waals surface area contributed by atoms with E-state index in [0.29, 0.717) is 18.4 Å². The van der Waals surface area contributed by atoms with Gasteiger partial charge < -0.3 is 15.4 Å². The maximum Gasteiger partial charge on any atom is 0.407 e. The van der Waals surface area contributed by atoms with Crippen LogP contribution in [0.4, 0.5) is 4.79 Å². The Balaban J connectivity index is 1.94. The zero-order valence-electron chi connectivity index (χ0n) is 14.6. The van der Waals surface area contributed by atoms with Gasteiger partial charge in [-0.2, -0.15) is 0 Å². The van der Waals surface area contributed by atoms with Crippen LogP contribution in [-0.4, -0.2) is 31.3 Å². The molecule has 0 aliphatic carbocycles. The Morgan fingerprint density at radius 3 is 2.52 bits per heavy atom. The Kier molecular flexibility index (Phi) is 6.46. The van der Waals surface area contributed by atoms with Crippen molar-refractivity contribution in [2.45, 2.75) is 45.6 Å². The van der Waals surface area contributed by atoms with Crippen LogP contribution in [0.15, 0.2) is 30.3 Å². The number of rotatable bonds is 5. The molecule has 1 aliphatic heterocycles. The second kappa shape index (κ2) is 8.34. The standard InChI is InChI=1S/C19H30N2O2/c1-19(2,3)23-18(22)21-14-17(16-9-11-20-12-10-16)13-15-7-5-4-6-8-15/h4-8,16-17,20H,9-14H2,1-3H3,(H,21,22)/t17-/m1/s1.